The summed E-state index contributed by atoms with van der Waals surface area (Å²) in [7, 11) is 0. The molecule has 1 fully saturated rings. The SMILES string of the molecule is CCCCOC[C@H]1O[C@@H](c2ccc(F)c(Cc3cc4ccccc4s3)c2)[C@H](O)[C@@H](OCCCC)[C@@H]1OCCCC. The number of hydrogen-bond donors (Lipinski definition) is 1. The zero-order valence-electron chi connectivity index (χ0n) is 24.2. The Hall–Kier alpha value is -1.87. The maximum atomic E-state index is 15.0. The highest BCUT2D eigenvalue weighted by Gasteiger charge is 2.47. The molecule has 5 nitrogen and oxygen atoms in total. The van der Waals surface area contributed by atoms with Gasteiger partial charge >= 0.3 is 0 Å². The first kappa shape index (κ1) is 31.1. The number of benzene rings is 2. The minimum Gasteiger partial charge on any atom is -0.387 e. The minimum absolute atomic E-state index is 0.262. The molecule has 5 atom stereocenters. The van der Waals surface area contributed by atoms with Crippen LogP contribution in [0.15, 0.2) is 48.5 Å². The third-order valence-corrected chi connectivity index (χ3v) is 8.55. The number of fused-ring (bicyclic) bond motifs is 1. The molecule has 0 amide bonds. The van der Waals surface area contributed by atoms with Gasteiger partial charge in [-0.25, -0.2) is 4.39 Å². The molecule has 1 saturated heterocycles. The summed E-state index contributed by atoms with van der Waals surface area (Å²) in [5.74, 6) is -0.262. The Labute approximate surface area is 242 Å². The third-order valence-electron chi connectivity index (χ3n) is 7.44. The Morgan fingerprint density at radius 2 is 1.57 bits per heavy atom. The average Bonchev–Trinajstić information content (AvgIpc) is 3.37. The van der Waals surface area contributed by atoms with Crippen molar-refractivity contribution >= 4 is 21.4 Å². The number of aliphatic hydroxyl groups excluding tert-OH is 1. The monoisotopic (exact) mass is 572 g/mol. The molecule has 2 heterocycles. The summed E-state index contributed by atoms with van der Waals surface area (Å²) >= 11 is 1.68. The highest BCUT2D eigenvalue weighted by Crippen LogP contribution is 2.37. The van der Waals surface area contributed by atoms with Gasteiger partial charge in [0.1, 0.15) is 36.3 Å². The quantitative estimate of drug-likeness (QED) is 0.179. The van der Waals surface area contributed by atoms with E-state index < -0.39 is 30.5 Å². The van der Waals surface area contributed by atoms with Gasteiger partial charge in [-0.15, -0.1) is 11.3 Å². The van der Waals surface area contributed by atoms with Gasteiger partial charge in [-0.1, -0.05) is 64.3 Å². The van der Waals surface area contributed by atoms with E-state index in [4.69, 9.17) is 18.9 Å². The molecule has 0 radical (unpaired) electrons. The Bertz CT molecular complexity index is 1130. The molecule has 1 aliphatic rings. The predicted octanol–water partition coefficient (Wildman–Crippen LogP) is 7.62. The van der Waals surface area contributed by atoms with Crippen LogP contribution in [0.5, 0.6) is 0 Å². The van der Waals surface area contributed by atoms with E-state index in [1.54, 1.807) is 17.4 Å². The number of rotatable bonds is 16. The fourth-order valence-electron chi connectivity index (χ4n) is 5.12. The lowest BCUT2D eigenvalue weighted by Crippen LogP contribution is -2.57. The van der Waals surface area contributed by atoms with Gasteiger partial charge in [-0.05, 0) is 60.0 Å². The van der Waals surface area contributed by atoms with Crippen LogP contribution in [-0.2, 0) is 25.4 Å². The van der Waals surface area contributed by atoms with E-state index in [0.29, 0.717) is 38.4 Å². The minimum atomic E-state index is -0.960. The van der Waals surface area contributed by atoms with Crippen molar-refractivity contribution in [3.8, 4) is 0 Å². The van der Waals surface area contributed by atoms with E-state index in [1.165, 1.54) is 10.8 Å². The van der Waals surface area contributed by atoms with Crippen LogP contribution < -0.4 is 0 Å². The second-order valence-electron chi connectivity index (χ2n) is 10.7. The van der Waals surface area contributed by atoms with E-state index in [2.05, 4.69) is 39.0 Å². The normalized spacial score (nSPS) is 23.2. The molecule has 1 N–H and O–H groups in total. The fraction of sp³-hybridized carbons (Fsp3) is 0.576. The molecule has 2 aromatic carbocycles. The third kappa shape index (κ3) is 8.11. The molecule has 0 aliphatic carbocycles. The molecular formula is C33H45FO5S. The second-order valence-corrected chi connectivity index (χ2v) is 11.8. The molecule has 1 aromatic heterocycles. The molecule has 4 rings (SSSR count). The van der Waals surface area contributed by atoms with Crippen LogP contribution in [0.25, 0.3) is 10.1 Å². The Balaban J connectivity index is 1.59. The van der Waals surface area contributed by atoms with Gasteiger partial charge in [-0.2, -0.15) is 0 Å². The summed E-state index contributed by atoms with van der Waals surface area (Å²) < 4.78 is 41.3. The first-order chi connectivity index (χ1) is 19.5. The maximum absolute atomic E-state index is 15.0. The number of unbranched alkanes of at least 4 members (excludes halogenated alkanes) is 3. The van der Waals surface area contributed by atoms with Gasteiger partial charge in [-0.3, -0.25) is 0 Å². The molecule has 220 valence electrons. The standard InChI is InChI=1S/C33H45FO5S/c1-4-7-16-36-22-28-32(37-17-8-5-2)33(38-18-9-6-3)30(35)31(39-28)24-14-15-27(34)25(19-24)21-26-20-23-12-10-11-13-29(23)40-26/h10-15,19-20,28,30-33,35H,4-9,16-18,21-22H2,1-3H3/t28-,30+,31+,32-,33-/m1/s1. The first-order valence-electron chi connectivity index (χ1n) is 15.0. The topological polar surface area (TPSA) is 57.2 Å². The van der Waals surface area contributed by atoms with Crippen molar-refractivity contribution in [2.24, 2.45) is 0 Å². The van der Waals surface area contributed by atoms with Gasteiger partial charge in [0, 0.05) is 35.8 Å². The summed E-state index contributed by atoms with van der Waals surface area (Å²) in [5.41, 5.74) is 1.32. The summed E-state index contributed by atoms with van der Waals surface area (Å²) in [6.45, 7) is 8.46. The summed E-state index contributed by atoms with van der Waals surface area (Å²) in [5, 5.41) is 12.8. The highest BCUT2D eigenvalue weighted by atomic mass is 32.1. The van der Waals surface area contributed by atoms with Crippen molar-refractivity contribution in [2.75, 3.05) is 26.4 Å². The fourth-order valence-corrected chi connectivity index (χ4v) is 6.21. The van der Waals surface area contributed by atoms with Crippen LogP contribution in [-0.4, -0.2) is 55.9 Å². The zero-order valence-corrected chi connectivity index (χ0v) is 25.0. The Morgan fingerprint density at radius 3 is 2.30 bits per heavy atom. The van der Waals surface area contributed by atoms with Crippen molar-refractivity contribution < 1.29 is 28.4 Å². The lowest BCUT2D eigenvalue weighted by molar-refractivity contribution is -0.258. The molecule has 0 spiro atoms. The van der Waals surface area contributed by atoms with Crippen LogP contribution >= 0.6 is 11.3 Å². The van der Waals surface area contributed by atoms with E-state index in [-0.39, 0.29) is 5.82 Å². The molecule has 0 bridgehead atoms. The lowest BCUT2D eigenvalue weighted by Gasteiger charge is -2.45. The Kier molecular flexibility index (Phi) is 12.4. The van der Waals surface area contributed by atoms with Crippen LogP contribution in [0, 0.1) is 5.82 Å². The van der Waals surface area contributed by atoms with Crippen molar-refractivity contribution in [1.29, 1.82) is 0 Å². The van der Waals surface area contributed by atoms with Gasteiger partial charge in [0.15, 0.2) is 0 Å². The summed E-state index contributed by atoms with van der Waals surface area (Å²) in [4.78, 5) is 1.09. The van der Waals surface area contributed by atoms with E-state index in [9.17, 15) is 5.11 Å². The number of hydrogen-bond acceptors (Lipinski definition) is 6. The highest BCUT2D eigenvalue weighted by molar-refractivity contribution is 7.19. The predicted molar refractivity (Wildman–Crippen MR) is 160 cm³/mol. The van der Waals surface area contributed by atoms with Crippen LogP contribution in [0.2, 0.25) is 0 Å². The molecule has 0 saturated carbocycles. The van der Waals surface area contributed by atoms with Crippen molar-refractivity contribution in [3.63, 3.8) is 0 Å². The van der Waals surface area contributed by atoms with Crippen LogP contribution in [0.4, 0.5) is 4.39 Å². The van der Waals surface area contributed by atoms with Gasteiger partial charge < -0.3 is 24.1 Å². The first-order valence-corrected chi connectivity index (χ1v) is 15.8. The summed E-state index contributed by atoms with van der Waals surface area (Å²) in [6, 6.07) is 15.4. The molecule has 40 heavy (non-hydrogen) atoms. The molecule has 3 aromatic rings. The largest absolute Gasteiger partial charge is 0.387 e. The van der Waals surface area contributed by atoms with Gasteiger partial charge in [0.05, 0.1) is 6.61 Å². The maximum Gasteiger partial charge on any atom is 0.126 e. The van der Waals surface area contributed by atoms with E-state index in [1.807, 2.05) is 18.2 Å². The number of halogens is 1. The zero-order chi connectivity index (χ0) is 28.3. The van der Waals surface area contributed by atoms with Crippen LogP contribution in [0.3, 0.4) is 0 Å². The Morgan fingerprint density at radius 1 is 0.875 bits per heavy atom. The number of ether oxygens (including phenoxy) is 4. The van der Waals surface area contributed by atoms with Gasteiger partial charge in [0.2, 0.25) is 0 Å². The van der Waals surface area contributed by atoms with Crippen molar-refractivity contribution in [1.82, 2.24) is 0 Å². The lowest BCUT2D eigenvalue weighted by atomic mass is 9.89. The van der Waals surface area contributed by atoms with Crippen molar-refractivity contribution in [2.45, 2.75) is 96.2 Å². The van der Waals surface area contributed by atoms with Crippen LogP contribution in [0.1, 0.15) is 81.4 Å². The van der Waals surface area contributed by atoms with Crippen molar-refractivity contribution in [3.05, 3.63) is 70.4 Å². The number of aliphatic hydroxyl groups is 1. The smallest absolute Gasteiger partial charge is 0.126 e. The molecular weight excluding hydrogens is 527 g/mol. The molecule has 0 unspecified atom stereocenters. The summed E-state index contributed by atoms with van der Waals surface area (Å²) in [6.07, 6.45) is 3.23. The number of thiophene rings is 1. The van der Waals surface area contributed by atoms with Gasteiger partial charge in [0.25, 0.3) is 0 Å². The average molecular weight is 573 g/mol. The van der Waals surface area contributed by atoms with E-state index in [0.717, 1.165) is 54.4 Å². The second kappa shape index (κ2) is 15.9. The molecule has 1 aliphatic heterocycles. The molecule has 7 heteroatoms. The van der Waals surface area contributed by atoms with E-state index >= 15 is 4.39 Å².